The van der Waals surface area contributed by atoms with Crippen LogP contribution in [0.15, 0.2) is 60.7 Å². The zero-order valence-corrected chi connectivity index (χ0v) is 34.4. The van der Waals surface area contributed by atoms with Crippen LogP contribution in [0, 0.1) is 5.92 Å². The Morgan fingerprint density at radius 1 is 0.415 bits per heavy atom. The van der Waals surface area contributed by atoms with Crippen LogP contribution in [0.1, 0.15) is 41.0 Å². The Morgan fingerprint density at radius 3 is 0.943 bits per heavy atom. The Hall–Kier alpha value is -1.78. The Labute approximate surface area is 321 Å². The van der Waals surface area contributed by atoms with Crippen LogP contribution >= 0.6 is 0 Å². The largest absolute Gasteiger partial charge is 0.405 e. The lowest BCUT2D eigenvalue weighted by atomic mass is 10.1. The number of rotatable bonds is 36. The Balaban J connectivity index is 1.31. The highest BCUT2D eigenvalue weighted by molar-refractivity contribution is 6.99. The van der Waals surface area contributed by atoms with Gasteiger partial charge in [-0.05, 0) is 21.3 Å². The van der Waals surface area contributed by atoms with E-state index < -0.39 is 8.32 Å². The lowest BCUT2D eigenvalue weighted by Gasteiger charge is -2.43. The van der Waals surface area contributed by atoms with Crippen LogP contribution in [-0.2, 0) is 51.8 Å². The van der Waals surface area contributed by atoms with Gasteiger partial charge in [0, 0.05) is 6.61 Å². The van der Waals surface area contributed by atoms with Crippen molar-refractivity contribution in [1.29, 1.82) is 0 Å². The maximum absolute atomic E-state index is 6.85. The summed E-state index contributed by atoms with van der Waals surface area (Å²) in [6.07, 6.45) is 1.13. The molecule has 0 spiro atoms. The number of benzene rings is 2. The van der Waals surface area contributed by atoms with Gasteiger partial charge < -0.3 is 51.8 Å². The van der Waals surface area contributed by atoms with Crippen molar-refractivity contribution in [2.45, 2.75) is 46.1 Å². The fourth-order valence-electron chi connectivity index (χ4n) is 5.40. The highest BCUT2D eigenvalue weighted by Gasteiger charge is 2.50. The molecule has 12 heteroatoms. The van der Waals surface area contributed by atoms with Gasteiger partial charge in [-0.1, -0.05) is 102 Å². The molecule has 1 atom stereocenters. The first-order valence-corrected chi connectivity index (χ1v) is 21.3. The molecular weight excluding hydrogens is 697 g/mol. The first-order valence-electron chi connectivity index (χ1n) is 19.4. The summed E-state index contributed by atoms with van der Waals surface area (Å²) in [5.41, 5.74) is 0. The molecule has 304 valence electrons. The minimum absolute atomic E-state index is 0.0545. The third kappa shape index (κ3) is 21.8. The molecule has 0 radical (unpaired) electrons. The van der Waals surface area contributed by atoms with Crippen LogP contribution in [0.5, 0.6) is 0 Å². The predicted octanol–water partition coefficient (Wildman–Crippen LogP) is 4.78. The van der Waals surface area contributed by atoms with Crippen LogP contribution < -0.4 is 10.4 Å². The summed E-state index contributed by atoms with van der Waals surface area (Å²) < 4.78 is 62.6. The van der Waals surface area contributed by atoms with E-state index in [1.807, 2.05) is 0 Å². The Kier molecular flexibility index (Phi) is 28.1. The van der Waals surface area contributed by atoms with E-state index in [0.717, 1.165) is 13.0 Å². The van der Waals surface area contributed by atoms with Gasteiger partial charge >= 0.3 is 0 Å². The van der Waals surface area contributed by atoms with Crippen LogP contribution in [-0.4, -0.2) is 147 Å². The van der Waals surface area contributed by atoms with Crippen molar-refractivity contribution < 1.29 is 51.8 Å². The van der Waals surface area contributed by atoms with Gasteiger partial charge in [0.25, 0.3) is 8.32 Å². The first-order chi connectivity index (χ1) is 25.9. The highest BCUT2D eigenvalue weighted by atomic mass is 28.4. The molecule has 1 unspecified atom stereocenters. The summed E-state index contributed by atoms with van der Waals surface area (Å²) in [6, 6.07) is 21.3. The molecule has 53 heavy (non-hydrogen) atoms. The van der Waals surface area contributed by atoms with E-state index in [9.17, 15) is 0 Å². The van der Waals surface area contributed by atoms with Gasteiger partial charge in [0.1, 0.15) is 0 Å². The molecule has 0 saturated carbocycles. The maximum Gasteiger partial charge on any atom is 0.261 e. The van der Waals surface area contributed by atoms with Crippen molar-refractivity contribution in [1.82, 2.24) is 0 Å². The molecule has 2 aromatic rings. The van der Waals surface area contributed by atoms with E-state index in [-0.39, 0.29) is 5.04 Å². The Bertz CT molecular complexity index is 1040. The van der Waals surface area contributed by atoms with Crippen molar-refractivity contribution in [2.75, 3.05) is 139 Å². The summed E-state index contributed by atoms with van der Waals surface area (Å²) in [4.78, 5) is 0. The monoisotopic (exact) mass is 766 g/mol. The molecule has 11 nitrogen and oxygen atoms in total. The Morgan fingerprint density at radius 2 is 0.679 bits per heavy atom. The quantitative estimate of drug-likeness (QED) is 0.0709. The van der Waals surface area contributed by atoms with Crippen LogP contribution in [0.4, 0.5) is 0 Å². The second-order valence-electron chi connectivity index (χ2n) is 13.6. The van der Waals surface area contributed by atoms with Crippen molar-refractivity contribution in [3.05, 3.63) is 60.7 Å². The van der Waals surface area contributed by atoms with Crippen molar-refractivity contribution >= 4 is 18.7 Å². The summed E-state index contributed by atoms with van der Waals surface area (Å²) in [6.45, 7) is 22.6. The second-order valence-corrected chi connectivity index (χ2v) is 17.9. The van der Waals surface area contributed by atoms with Gasteiger partial charge in [-0.2, -0.15) is 0 Å². The normalized spacial score (nSPS) is 12.8. The molecule has 0 heterocycles. The minimum Gasteiger partial charge on any atom is -0.405 e. The van der Waals surface area contributed by atoms with E-state index >= 15 is 0 Å². The van der Waals surface area contributed by atoms with Crippen LogP contribution in [0.2, 0.25) is 5.04 Å². The lowest BCUT2D eigenvalue weighted by Crippen LogP contribution is -2.66. The number of hydrogen-bond donors (Lipinski definition) is 0. The van der Waals surface area contributed by atoms with Gasteiger partial charge in [0.05, 0.1) is 132 Å². The van der Waals surface area contributed by atoms with Gasteiger partial charge in [-0.25, -0.2) is 0 Å². The fraction of sp³-hybridized carbons (Fsp3) is 0.707. The number of hydrogen-bond acceptors (Lipinski definition) is 11. The first kappa shape index (κ1) is 47.4. The third-order valence-electron chi connectivity index (χ3n) is 8.41. The molecule has 0 aromatic heterocycles. The van der Waals surface area contributed by atoms with Crippen LogP contribution in [0.3, 0.4) is 0 Å². The van der Waals surface area contributed by atoms with Gasteiger partial charge in [0.15, 0.2) is 0 Å². The molecule has 0 saturated heterocycles. The molecule has 0 fully saturated rings. The van der Waals surface area contributed by atoms with Crippen molar-refractivity contribution in [3.8, 4) is 0 Å². The van der Waals surface area contributed by atoms with Crippen LogP contribution in [0.25, 0.3) is 0 Å². The molecule has 2 aromatic carbocycles. The third-order valence-corrected chi connectivity index (χ3v) is 13.5. The van der Waals surface area contributed by atoms with E-state index in [2.05, 4.69) is 95.3 Å². The highest BCUT2D eigenvalue weighted by Crippen LogP contribution is 2.36. The molecule has 0 amide bonds. The molecule has 0 aliphatic heterocycles. The van der Waals surface area contributed by atoms with E-state index in [1.165, 1.54) is 10.4 Å². The zero-order chi connectivity index (χ0) is 38.1. The molecular formula is C41H70O11Si. The van der Waals surface area contributed by atoms with E-state index in [1.54, 1.807) is 0 Å². The average Bonchev–Trinajstić information content (AvgIpc) is 3.16. The van der Waals surface area contributed by atoms with Gasteiger partial charge in [-0.15, -0.1) is 0 Å². The maximum atomic E-state index is 6.85. The lowest BCUT2D eigenvalue weighted by molar-refractivity contribution is -0.0271. The van der Waals surface area contributed by atoms with E-state index in [4.69, 9.17) is 51.8 Å². The standard InChI is InChI=1S/C41H70O11Si/c1-6-38(2)37-51-34-33-49-30-29-47-26-25-45-22-21-43-18-17-42-19-20-44-23-24-46-27-28-48-31-32-50-35-36-52-53(41(3,4)5,39-13-9-7-10-14-39)40-15-11-8-12-16-40/h7-16,38H,6,17-37H2,1-5H3. The smallest absolute Gasteiger partial charge is 0.261 e. The molecule has 0 bridgehead atoms. The SMILES string of the molecule is CCC(C)COCCOCCOCCOCCOCCOCCOCCOCCOCCOCCO[Si](c1ccccc1)(c1ccccc1)C(C)(C)C. The molecule has 0 aliphatic rings. The molecule has 2 rings (SSSR count). The fourth-order valence-corrected chi connectivity index (χ4v) is 9.94. The summed E-state index contributed by atoms with van der Waals surface area (Å²) in [5.74, 6) is 0.596. The zero-order valence-electron chi connectivity index (χ0n) is 33.4. The van der Waals surface area contributed by atoms with Gasteiger partial charge in [0.2, 0.25) is 0 Å². The minimum atomic E-state index is -2.54. The van der Waals surface area contributed by atoms with Gasteiger partial charge in [-0.3, -0.25) is 0 Å². The molecule has 0 aliphatic carbocycles. The topological polar surface area (TPSA) is 102 Å². The number of ether oxygens (including phenoxy) is 10. The van der Waals surface area contributed by atoms with Crippen molar-refractivity contribution in [2.24, 2.45) is 5.92 Å². The second kappa shape index (κ2) is 31.4. The predicted molar refractivity (Wildman–Crippen MR) is 211 cm³/mol. The molecule has 0 N–H and O–H groups in total. The average molecular weight is 767 g/mol. The summed E-state index contributed by atoms with van der Waals surface area (Å²) >= 11 is 0. The van der Waals surface area contributed by atoms with Crippen molar-refractivity contribution in [3.63, 3.8) is 0 Å². The van der Waals surface area contributed by atoms with E-state index in [0.29, 0.717) is 138 Å². The summed E-state index contributed by atoms with van der Waals surface area (Å²) in [7, 11) is -2.54. The summed E-state index contributed by atoms with van der Waals surface area (Å²) in [5, 5.41) is 2.48.